The number of anilines is 1. The summed E-state index contributed by atoms with van der Waals surface area (Å²) in [4.78, 5) is 24.9. The fourth-order valence-electron chi connectivity index (χ4n) is 4.12. The van der Waals surface area contributed by atoms with Gasteiger partial charge in [-0.05, 0) is 49.1 Å². The number of benzene rings is 3. The monoisotopic (exact) mass is 482 g/mol. The van der Waals surface area contributed by atoms with Crippen LogP contribution >= 0.6 is 0 Å². The fourth-order valence-corrected chi connectivity index (χ4v) is 4.12. The second kappa shape index (κ2) is 9.13. The molecule has 1 N–H and O–H groups in total. The summed E-state index contributed by atoms with van der Waals surface area (Å²) < 4.78 is 51.1. The molecular formula is C26H24BF3NO4-. The zero-order valence-corrected chi connectivity index (χ0v) is 19.5. The first-order valence-electron chi connectivity index (χ1n) is 11.1. The molecule has 0 aliphatic heterocycles. The standard InChI is InChI=1S/C26H24BF3NO4/c1-26(2,3)35-24(32)16-12-17(27(28,29)30)14-18(13-16)31-25(33)34-15-23-21-10-6-4-8-19(21)20-9-5-7-11-22(20)23/h4-14,23H,15H2,1-3H3,(H,31,33)/q-1. The van der Waals surface area contributed by atoms with E-state index >= 15 is 0 Å². The lowest BCUT2D eigenvalue weighted by molar-refractivity contribution is 0.00695. The molecule has 0 heterocycles. The third-order valence-electron chi connectivity index (χ3n) is 5.56. The van der Waals surface area contributed by atoms with Crippen LogP contribution in [0.25, 0.3) is 11.1 Å². The number of nitrogens with one attached hydrogen (secondary N) is 1. The molecule has 35 heavy (non-hydrogen) atoms. The number of carbonyl (C=O) groups excluding carboxylic acids is 2. The van der Waals surface area contributed by atoms with Gasteiger partial charge in [0.05, 0.1) is 5.56 Å². The predicted octanol–water partition coefficient (Wildman–Crippen LogP) is 6.06. The van der Waals surface area contributed by atoms with E-state index < -0.39 is 30.1 Å². The van der Waals surface area contributed by atoms with Gasteiger partial charge in [0.1, 0.15) is 12.2 Å². The summed E-state index contributed by atoms with van der Waals surface area (Å²) in [7, 11) is 0. The quantitative estimate of drug-likeness (QED) is 0.355. The molecule has 0 aromatic heterocycles. The number of fused-ring (bicyclic) bond motifs is 3. The van der Waals surface area contributed by atoms with Crippen LogP contribution in [0.4, 0.5) is 23.4 Å². The number of ether oxygens (including phenoxy) is 2. The highest BCUT2D eigenvalue weighted by Crippen LogP contribution is 2.44. The van der Waals surface area contributed by atoms with Gasteiger partial charge < -0.3 is 22.4 Å². The summed E-state index contributed by atoms with van der Waals surface area (Å²) >= 11 is 0. The number of esters is 1. The van der Waals surface area contributed by atoms with Gasteiger partial charge in [0.25, 0.3) is 0 Å². The van der Waals surface area contributed by atoms with Crippen LogP contribution in [0.2, 0.25) is 0 Å². The van der Waals surface area contributed by atoms with Crippen molar-refractivity contribution in [1.82, 2.24) is 0 Å². The van der Waals surface area contributed by atoms with Gasteiger partial charge in [-0.15, -0.1) is 5.46 Å². The highest BCUT2D eigenvalue weighted by Gasteiger charge is 2.30. The molecule has 3 aromatic carbocycles. The van der Waals surface area contributed by atoms with E-state index in [1.54, 1.807) is 20.8 Å². The molecule has 0 atom stereocenters. The first-order chi connectivity index (χ1) is 16.4. The van der Waals surface area contributed by atoms with Crippen LogP contribution in [0, 0.1) is 0 Å². The summed E-state index contributed by atoms with van der Waals surface area (Å²) in [6.07, 6.45) is -0.922. The Hall–Kier alpha value is -3.75. The van der Waals surface area contributed by atoms with Crippen molar-refractivity contribution in [2.75, 3.05) is 11.9 Å². The van der Waals surface area contributed by atoms with Crippen molar-refractivity contribution < 1.29 is 32.0 Å². The van der Waals surface area contributed by atoms with E-state index in [0.717, 1.165) is 40.5 Å². The Morgan fingerprint density at radius 2 is 1.49 bits per heavy atom. The van der Waals surface area contributed by atoms with Gasteiger partial charge in [0.15, 0.2) is 0 Å². The molecule has 5 nitrogen and oxygen atoms in total. The van der Waals surface area contributed by atoms with E-state index in [0.29, 0.717) is 0 Å². The summed E-state index contributed by atoms with van der Waals surface area (Å²) in [6.45, 7) is -0.591. The Kier molecular flexibility index (Phi) is 6.36. The summed E-state index contributed by atoms with van der Waals surface area (Å²) in [5, 5.41) is 2.33. The maximum atomic E-state index is 13.5. The first kappa shape index (κ1) is 24.4. The van der Waals surface area contributed by atoms with Crippen LogP contribution in [0.3, 0.4) is 0 Å². The SMILES string of the molecule is CC(C)(C)OC(=O)c1cc(NC(=O)OCC2c3ccccc3-c3ccccc32)cc([B-](F)(F)F)c1. The van der Waals surface area contributed by atoms with Crippen molar-refractivity contribution in [1.29, 1.82) is 0 Å². The number of hydrogen-bond donors (Lipinski definition) is 1. The topological polar surface area (TPSA) is 64.6 Å². The van der Waals surface area contributed by atoms with Crippen molar-refractivity contribution in [2.24, 2.45) is 0 Å². The largest absolute Gasteiger partial charge is 0.509 e. The lowest BCUT2D eigenvalue weighted by Gasteiger charge is -2.22. The van der Waals surface area contributed by atoms with Gasteiger partial charge in [0.2, 0.25) is 0 Å². The zero-order chi connectivity index (χ0) is 25.4. The van der Waals surface area contributed by atoms with Crippen LogP contribution in [0.15, 0.2) is 66.7 Å². The molecule has 9 heteroatoms. The molecule has 0 bridgehead atoms. The molecule has 3 aromatic rings. The Morgan fingerprint density at radius 1 is 0.914 bits per heavy atom. The van der Waals surface area contributed by atoms with Gasteiger partial charge in [-0.2, -0.15) is 0 Å². The molecule has 1 aliphatic carbocycles. The molecule has 182 valence electrons. The number of halogens is 3. The highest BCUT2D eigenvalue weighted by atomic mass is 19.4. The maximum Gasteiger partial charge on any atom is 0.509 e. The average molecular weight is 482 g/mol. The van der Waals surface area contributed by atoms with Crippen molar-refractivity contribution in [3.05, 3.63) is 83.4 Å². The smallest absolute Gasteiger partial charge is 0.456 e. The van der Waals surface area contributed by atoms with Crippen LogP contribution < -0.4 is 10.8 Å². The van der Waals surface area contributed by atoms with E-state index in [1.807, 2.05) is 48.5 Å². The minimum Gasteiger partial charge on any atom is -0.456 e. The molecular weight excluding hydrogens is 458 g/mol. The molecule has 1 aliphatic rings. The predicted molar refractivity (Wildman–Crippen MR) is 129 cm³/mol. The molecule has 1 amide bonds. The number of hydrogen-bond acceptors (Lipinski definition) is 4. The molecule has 0 radical (unpaired) electrons. The van der Waals surface area contributed by atoms with Gasteiger partial charge >= 0.3 is 19.0 Å². The Bertz CT molecular complexity index is 1240. The van der Waals surface area contributed by atoms with E-state index in [4.69, 9.17) is 9.47 Å². The molecule has 0 spiro atoms. The van der Waals surface area contributed by atoms with Crippen molar-refractivity contribution in [2.45, 2.75) is 32.3 Å². The lowest BCUT2D eigenvalue weighted by atomic mass is 9.79. The summed E-state index contributed by atoms with van der Waals surface area (Å²) in [5.74, 6) is -1.12. The third-order valence-corrected chi connectivity index (χ3v) is 5.56. The molecule has 0 unspecified atom stereocenters. The Labute approximate surface area is 201 Å². The molecule has 0 saturated heterocycles. The second-order valence-electron chi connectivity index (χ2n) is 9.37. The zero-order valence-electron chi connectivity index (χ0n) is 19.5. The van der Waals surface area contributed by atoms with Crippen LogP contribution in [0.1, 0.15) is 48.2 Å². The molecule has 0 saturated carbocycles. The minimum atomic E-state index is -5.42. The van der Waals surface area contributed by atoms with Crippen molar-refractivity contribution in [3.63, 3.8) is 0 Å². The normalized spacial score (nSPS) is 13.1. The molecule has 4 rings (SSSR count). The van der Waals surface area contributed by atoms with E-state index in [-0.39, 0.29) is 23.8 Å². The molecule has 0 fully saturated rings. The fraction of sp³-hybridized carbons (Fsp3) is 0.231. The maximum absolute atomic E-state index is 13.5. The number of rotatable bonds is 5. The van der Waals surface area contributed by atoms with Gasteiger partial charge in [-0.25, -0.2) is 9.59 Å². The number of amides is 1. The third kappa shape index (κ3) is 5.50. The summed E-state index contributed by atoms with van der Waals surface area (Å²) in [6, 6.07) is 18.2. The van der Waals surface area contributed by atoms with Crippen LogP contribution in [-0.2, 0) is 9.47 Å². The lowest BCUT2D eigenvalue weighted by Crippen LogP contribution is -2.35. The van der Waals surface area contributed by atoms with E-state index in [2.05, 4.69) is 5.32 Å². The first-order valence-corrected chi connectivity index (χ1v) is 11.1. The van der Waals surface area contributed by atoms with Gasteiger partial charge in [-0.3, -0.25) is 5.32 Å². The van der Waals surface area contributed by atoms with Crippen molar-refractivity contribution in [3.8, 4) is 11.1 Å². The number of carbonyl (C=O) groups is 2. The van der Waals surface area contributed by atoms with Gasteiger partial charge in [0, 0.05) is 11.6 Å². The van der Waals surface area contributed by atoms with Crippen LogP contribution in [-0.4, -0.2) is 31.2 Å². The van der Waals surface area contributed by atoms with E-state index in [1.165, 1.54) is 0 Å². The van der Waals surface area contributed by atoms with Crippen LogP contribution in [0.5, 0.6) is 0 Å². The minimum absolute atomic E-state index is 0.00167. The van der Waals surface area contributed by atoms with Gasteiger partial charge in [-0.1, -0.05) is 60.7 Å². The summed E-state index contributed by atoms with van der Waals surface area (Å²) in [5.41, 5.74) is 1.69. The Morgan fingerprint density at radius 3 is 2.03 bits per heavy atom. The highest BCUT2D eigenvalue weighted by molar-refractivity contribution is 6.73. The van der Waals surface area contributed by atoms with E-state index in [9.17, 15) is 22.5 Å². The average Bonchev–Trinajstić information content (AvgIpc) is 3.09. The van der Waals surface area contributed by atoms with Crippen molar-refractivity contribution >= 4 is 30.2 Å². The second-order valence-corrected chi connectivity index (χ2v) is 9.37. The Balaban J connectivity index is 1.52.